The number of sulfonamides is 1. The van der Waals surface area contributed by atoms with Gasteiger partial charge in [-0.2, -0.15) is 0 Å². The van der Waals surface area contributed by atoms with Gasteiger partial charge in [0.25, 0.3) is 10.0 Å². The first-order valence-corrected chi connectivity index (χ1v) is 9.28. The first-order valence-electron chi connectivity index (χ1n) is 6.57. The van der Waals surface area contributed by atoms with E-state index in [1.807, 2.05) is 0 Å². The van der Waals surface area contributed by atoms with Crippen LogP contribution in [-0.4, -0.2) is 43.8 Å². The molecule has 3 N–H and O–H groups in total. The lowest BCUT2D eigenvalue weighted by Gasteiger charge is -2.26. The monoisotopic (exact) mass is 347 g/mol. The molecule has 1 aliphatic rings. The van der Waals surface area contributed by atoms with Crippen molar-refractivity contribution in [3.63, 3.8) is 0 Å². The topological polar surface area (TPSA) is 92.5 Å². The lowest BCUT2D eigenvalue weighted by atomic mass is 10.1. The second kappa shape index (κ2) is 6.82. The summed E-state index contributed by atoms with van der Waals surface area (Å²) in [5, 5.41) is 0. The van der Waals surface area contributed by atoms with Crippen LogP contribution in [0.2, 0.25) is 0 Å². The Bertz CT molecular complexity index is 633. The van der Waals surface area contributed by atoms with E-state index in [2.05, 4.69) is 4.72 Å². The normalized spacial score (nSPS) is 15.9. The molecule has 0 spiro atoms. The largest absolute Gasteiger partial charge is 0.389 e. The summed E-state index contributed by atoms with van der Waals surface area (Å²) >= 11 is 5.80. The van der Waals surface area contributed by atoms with Crippen molar-refractivity contribution in [3.8, 4) is 0 Å². The highest BCUT2D eigenvalue weighted by Gasteiger charge is 2.21. The third-order valence-corrected chi connectivity index (χ3v) is 6.57. The zero-order chi connectivity index (χ0) is 15.5. The SMILES string of the molecule is NC(=S)c1ccc(S(=O)(=O)NCC(=O)N2CCCCC2)s1. The maximum absolute atomic E-state index is 12.1. The van der Waals surface area contributed by atoms with Crippen molar-refractivity contribution in [2.45, 2.75) is 23.5 Å². The summed E-state index contributed by atoms with van der Waals surface area (Å²) in [7, 11) is -3.70. The molecule has 116 valence electrons. The molecule has 1 aromatic heterocycles. The lowest BCUT2D eigenvalue weighted by Crippen LogP contribution is -2.42. The highest BCUT2D eigenvalue weighted by molar-refractivity contribution is 7.91. The number of carbonyl (C=O) groups is 1. The summed E-state index contributed by atoms with van der Waals surface area (Å²) in [6, 6.07) is 3.00. The fourth-order valence-corrected chi connectivity index (χ4v) is 4.45. The fraction of sp³-hybridized carbons (Fsp3) is 0.500. The predicted molar refractivity (Wildman–Crippen MR) is 85.8 cm³/mol. The van der Waals surface area contributed by atoms with Gasteiger partial charge < -0.3 is 10.6 Å². The minimum absolute atomic E-state index is 0.108. The molecule has 21 heavy (non-hydrogen) atoms. The Labute approximate surface area is 133 Å². The standard InChI is InChI=1S/C12H17N3O3S3/c13-12(19)9-4-5-11(20-9)21(17,18)14-8-10(16)15-6-2-1-3-7-15/h4-5,14H,1-3,6-8H2,(H2,13,19). The molecule has 0 aliphatic carbocycles. The zero-order valence-corrected chi connectivity index (χ0v) is 13.8. The molecule has 1 amide bonds. The van der Waals surface area contributed by atoms with Crippen LogP contribution in [-0.2, 0) is 14.8 Å². The van der Waals surface area contributed by atoms with E-state index in [1.165, 1.54) is 6.07 Å². The number of carbonyl (C=O) groups excluding carboxylic acids is 1. The maximum Gasteiger partial charge on any atom is 0.250 e. The third-order valence-electron chi connectivity index (χ3n) is 3.21. The van der Waals surface area contributed by atoms with E-state index < -0.39 is 10.0 Å². The van der Waals surface area contributed by atoms with Crippen molar-refractivity contribution in [2.75, 3.05) is 19.6 Å². The second-order valence-electron chi connectivity index (χ2n) is 4.75. The van der Waals surface area contributed by atoms with Gasteiger partial charge in [-0.3, -0.25) is 4.79 Å². The minimum Gasteiger partial charge on any atom is -0.389 e. The molecule has 6 nitrogen and oxygen atoms in total. The summed E-state index contributed by atoms with van der Waals surface area (Å²) in [6.45, 7) is 1.18. The Balaban J connectivity index is 1.97. The van der Waals surface area contributed by atoms with Gasteiger partial charge in [0.1, 0.15) is 9.20 Å². The molecule has 1 fully saturated rings. The number of thiophene rings is 1. The van der Waals surface area contributed by atoms with Gasteiger partial charge in [0.15, 0.2) is 0 Å². The van der Waals surface area contributed by atoms with Crippen LogP contribution in [0, 0.1) is 0 Å². The molecule has 0 saturated carbocycles. The van der Waals surface area contributed by atoms with E-state index in [1.54, 1.807) is 11.0 Å². The van der Waals surface area contributed by atoms with Gasteiger partial charge in [0.2, 0.25) is 5.91 Å². The van der Waals surface area contributed by atoms with Crippen molar-refractivity contribution < 1.29 is 13.2 Å². The summed E-state index contributed by atoms with van der Waals surface area (Å²) in [4.78, 5) is 14.3. The number of piperidine rings is 1. The smallest absolute Gasteiger partial charge is 0.250 e. The van der Waals surface area contributed by atoms with E-state index in [4.69, 9.17) is 18.0 Å². The van der Waals surface area contributed by atoms with Crippen molar-refractivity contribution in [2.24, 2.45) is 5.73 Å². The van der Waals surface area contributed by atoms with Crippen molar-refractivity contribution >= 4 is 44.5 Å². The molecule has 1 aromatic rings. The van der Waals surface area contributed by atoms with E-state index in [-0.39, 0.29) is 21.6 Å². The molecule has 2 rings (SSSR count). The Morgan fingerprint density at radius 3 is 2.57 bits per heavy atom. The number of thiocarbonyl (C=S) groups is 1. The first-order chi connectivity index (χ1) is 9.90. The highest BCUT2D eigenvalue weighted by Crippen LogP contribution is 2.21. The summed E-state index contributed by atoms with van der Waals surface area (Å²) in [5.41, 5.74) is 5.46. The van der Waals surface area contributed by atoms with Gasteiger partial charge in [-0.05, 0) is 31.4 Å². The van der Waals surface area contributed by atoms with Crippen LogP contribution in [0.5, 0.6) is 0 Å². The zero-order valence-electron chi connectivity index (χ0n) is 11.4. The van der Waals surface area contributed by atoms with Crippen LogP contribution in [0.1, 0.15) is 24.1 Å². The molecule has 0 radical (unpaired) electrons. The first kappa shape index (κ1) is 16.3. The number of rotatable bonds is 5. The van der Waals surface area contributed by atoms with Gasteiger partial charge >= 0.3 is 0 Å². The van der Waals surface area contributed by atoms with Crippen LogP contribution in [0.4, 0.5) is 0 Å². The average Bonchev–Trinajstić information content (AvgIpc) is 2.97. The van der Waals surface area contributed by atoms with Gasteiger partial charge in [-0.1, -0.05) is 12.2 Å². The number of amides is 1. The van der Waals surface area contributed by atoms with Crippen LogP contribution in [0.25, 0.3) is 0 Å². The molecule has 1 aliphatic heterocycles. The van der Waals surface area contributed by atoms with Crippen LogP contribution in [0.15, 0.2) is 16.3 Å². The number of nitrogens with two attached hydrogens (primary N) is 1. The summed E-state index contributed by atoms with van der Waals surface area (Å²) in [5.74, 6) is -0.190. The summed E-state index contributed by atoms with van der Waals surface area (Å²) < 4.78 is 26.6. The van der Waals surface area contributed by atoms with Crippen molar-refractivity contribution in [1.29, 1.82) is 0 Å². The van der Waals surface area contributed by atoms with Gasteiger partial charge in [0.05, 0.1) is 11.4 Å². The fourth-order valence-electron chi connectivity index (χ4n) is 2.08. The molecular weight excluding hydrogens is 330 g/mol. The quantitative estimate of drug-likeness (QED) is 0.764. The molecule has 2 heterocycles. The number of nitrogens with one attached hydrogen (secondary N) is 1. The Hall–Kier alpha value is -1.03. The highest BCUT2D eigenvalue weighted by atomic mass is 32.2. The van der Waals surface area contributed by atoms with Crippen LogP contribution >= 0.6 is 23.6 Å². The number of likely N-dealkylation sites (tertiary alicyclic amines) is 1. The van der Waals surface area contributed by atoms with Crippen molar-refractivity contribution in [3.05, 3.63) is 17.0 Å². The van der Waals surface area contributed by atoms with Crippen molar-refractivity contribution in [1.82, 2.24) is 9.62 Å². The predicted octanol–water partition coefficient (Wildman–Crippen LogP) is 0.673. The Morgan fingerprint density at radius 2 is 2.00 bits per heavy atom. The van der Waals surface area contributed by atoms with Gasteiger partial charge in [0, 0.05) is 13.1 Å². The molecule has 1 saturated heterocycles. The third kappa shape index (κ3) is 4.22. The van der Waals surface area contributed by atoms with Gasteiger partial charge in [-0.25, -0.2) is 13.1 Å². The average molecular weight is 347 g/mol. The molecule has 9 heteroatoms. The van der Waals surface area contributed by atoms with E-state index in [0.717, 1.165) is 30.6 Å². The minimum atomic E-state index is -3.70. The Morgan fingerprint density at radius 1 is 1.33 bits per heavy atom. The molecule has 0 bridgehead atoms. The lowest BCUT2D eigenvalue weighted by molar-refractivity contribution is -0.130. The second-order valence-corrected chi connectivity index (χ2v) is 8.27. The maximum atomic E-state index is 12.1. The number of hydrogen-bond acceptors (Lipinski definition) is 5. The Kier molecular flexibility index (Phi) is 5.31. The summed E-state index contributed by atoms with van der Waals surface area (Å²) in [6.07, 6.45) is 3.06. The van der Waals surface area contributed by atoms with E-state index >= 15 is 0 Å². The van der Waals surface area contributed by atoms with Gasteiger partial charge in [-0.15, -0.1) is 11.3 Å². The number of nitrogens with zero attached hydrogens (tertiary/aromatic N) is 1. The van der Waals surface area contributed by atoms with E-state index in [9.17, 15) is 13.2 Å². The van der Waals surface area contributed by atoms with Crippen LogP contribution in [0.3, 0.4) is 0 Å². The number of hydrogen-bond donors (Lipinski definition) is 2. The molecular formula is C12H17N3O3S3. The molecule has 0 unspecified atom stereocenters. The molecule has 0 atom stereocenters. The van der Waals surface area contributed by atoms with Crippen LogP contribution < -0.4 is 10.5 Å². The van der Waals surface area contributed by atoms with E-state index in [0.29, 0.717) is 18.0 Å². The molecule has 0 aromatic carbocycles.